The molecule has 2 aromatic heterocycles. The number of benzene rings is 2. The highest BCUT2D eigenvalue weighted by Gasteiger charge is 2.33. The van der Waals surface area contributed by atoms with Crippen LogP contribution in [0.1, 0.15) is 35.3 Å². The number of fused-ring (bicyclic) bond motifs is 2. The molecule has 2 aromatic carbocycles. The first-order chi connectivity index (χ1) is 20.2. The highest BCUT2D eigenvalue weighted by Crippen LogP contribution is 2.31. The van der Waals surface area contributed by atoms with Gasteiger partial charge in [-0.05, 0) is 61.5 Å². The molecule has 220 valence electrons. The Kier molecular flexibility index (Phi) is 8.89. The van der Waals surface area contributed by atoms with Gasteiger partial charge in [0.1, 0.15) is 11.9 Å². The SMILES string of the molecule is C[C@@H]1CN([C@H](C)CO)C(=O)c2cc(NC(=O)Cc3cn(C)c4ccccc34)ccc2O[C@H]1CN(C)Cc1ccncc1. The first kappa shape index (κ1) is 29.3. The number of carbonyl (C=O) groups excluding carboxylic acids is 2. The number of aromatic nitrogens is 2. The molecule has 2 N–H and O–H groups in total. The number of aryl methyl sites for hydroxylation is 1. The number of nitrogens with zero attached hydrogens (tertiary/aromatic N) is 4. The van der Waals surface area contributed by atoms with Crippen LogP contribution in [0.2, 0.25) is 0 Å². The van der Waals surface area contributed by atoms with E-state index in [4.69, 9.17) is 4.74 Å². The van der Waals surface area contributed by atoms with Crippen molar-refractivity contribution in [3.63, 3.8) is 0 Å². The van der Waals surface area contributed by atoms with Gasteiger partial charge >= 0.3 is 0 Å². The summed E-state index contributed by atoms with van der Waals surface area (Å²) >= 11 is 0. The van der Waals surface area contributed by atoms with Crippen molar-refractivity contribution in [2.24, 2.45) is 13.0 Å². The summed E-state index contributed by atoms with van der Waals surface area (Å²) in [5, 5.41) is 14.0. The number of amides is 2. The number of anilines is 1. The molecule has 9 nitrogen and oxygen atoms in total. The lowest BCUT2D eigenvalue weighted by Gasteiger charge is -2.38. The van der Waals surface area contributed by atoms with Gasteiger partial charge in [-0.25, -0.2) is 0 Å². The van der Waals surface area contributed by atoms with Crippen molar-refractivity contribution in [1.82, 2.24) is 19.4 Å². The first-order valence-corrected chi connectivity index (χ1v) is 14.4. The van der Waals surface area contributed by atoms with Gasteiger partial charge in [0.05, 0.1) is 24.6 Å². The standard InChI is InChI=1S/C33H39N5O4/c1-22-17-38(23(2)21-39)33(41)28-16-26(35-32(40)15-25-19-37(4)29-8-6-5-7-27(25)29)9-10-30(28)42-31(22)20-36(3)18-24-11-13-34-14-12-24/h5-14,16,19,22-23,31,39H,15,17-18,20-21H2,1-4H3,(H,35,40)/t22-,23-,31+/m1/s1. The van der Waals surface area contributed by atoms with Gasteiger partial charge in [0.15, 0.2) is 0 Å². The van der Waals surface area contributed by atoms with E-state index in [1.54, 1.807) is 35.5 Å². The number of ether oxygens (including phenoxy) is 1. The molecule has 0 radical (unpaired) electrons. The van der Waals surface area contributed by atoms with Crippen molar-refractivity contribution in [3.05, 3.63) is 89.9 Å². The maximum Gasteiger partial charge on any atom is 0.258 e. The second-order valence-electron chi connectivity index (χ2n) is 11.4. The van der Waals surface area contributed by atoms with Crippen LogP contribution in [-0.2, 0) is 24.8 Å². The lowest BCUT2D eigenvalue weighted by molar-refractivity contribution is -0.115. The smallest absolute Gasteiger partial charge is 0.258 e. The Morgan fingerprint density at radius 2 is 1.95 bits per heavy atom. The van der Waals surface area contributed by atoms with E-state index in [0.717, 1.165) is 28.6 Å². The average Bonchev–Trinajstić information content (AvgIpc) is 3.29. The summed E-state index contributed by atoms with van der Waals surface area (Å²) in [6.07, 6.45) is 5.55. The third kappa shape index (κ3) is 6.48. The van der Waals surface area contributed by atoms with Crippen molar-refractivity contribution >= 4 is 28.4 Å². The van der Waals surface area contributed by atoms with E-state index in [1.807, 2.05) is 68.2 Å². The summed E-state index contributed by atoms with van der Waals surface area (Å²) in [6.45, 7) is 5.57. The van der Waals surface area contributed by atoms with Gasteiger partial charge in [0, 0.05) is 67.8 Å². The molecule has 0 spiro atoms. The van der Waals surface area contributed by atoms with Crippen LogP contribution in [0.4, 0.5) is 5.69 Å². The Morgan fingerprint density at radius 3 is 2.71 bits per heavy atom. The molecule has 1 aliphatic rings. The summed E-state index contributed by atoms with van der Waals surface area (Å²) < 4.78 is 8.53. The van der Waals surface area contributed by atoms with Crippen LogP contribution in [-0.4, -0.2) is 75.2 Å². The molecule has 3 atom stereocenters. The monoisotopic (exact) mass is 569 g/mol. The van der Waals surface area contributed by atoms with Crippen LogP contribution in [0.15, 0.2) is 73.2 Å². The zero-order chi connectivity index (χ0) is 29.8. The van der Waals surface area contributed by atoms with Crippen LogP contribution < -0.4 is 10.1 Å². The number of nitrogens with one attached hydrogen (secondary N) is 1. The lowest BCUT2D eigenvalue weighted by Crippen LogP contribution is -2.49. The number of rotatable bonds is 9. The molecule has 3 heterocycles. The van der Waals surface area contributed by atoms with Crippen molar-refractivity contribution in [3.8, 4) is 5.75 Å². The van der Waals surface area contributed by atoms with Gasteiger partial charge in [-0.1, -0.05) is 25.1 Å². The van der Waals surface area contributed by atoms with Crippen molar-refractivity contribution in [2.45, 2.75) is 39.0 Å². The van der Waals surface area contributed by atoms with Gasteiger partial charge in [-0.2, -0.15) is 0 Å². The third-order valence-electron chi connectivity index (χ3n) is 7.97. The number of aliphatic hydroxyl groups excluding tert-OH is 1. The predicted octanol–water partition coefficient (Wildman–Crippen LogP) is 4.11. The summed E-state index contributed by atoms with van der Waals surface area (Å²) in [4.78, 5) is 34.9. The molecule has 0 unspecified atom stereocenters. The van der Waals surface area contributed by atoms with Crippen LogP contribution in [0, 0.1) is 5.92 Å². The van der Waals surface area contributed by atoms with Crippen molar-refractivity contribution in [1.29, 1.82) is 0 Å². The maximum atomic E-state index is 13.8. The molecule has 1 aliphatic heterocycles. The Bertz CT molecular complexity index is 1550. The molecule has 0 bridgehead atoms. The normalized spacial score (nSPS) is 17.9. The number of likely N-dealkylation sites (N-methyl/N-ethyl adjacent to an activating group) is 1. The summed E-state index contributed by atoms with van der Waals surface area (Å²) in [6, 6.07) is 16.8. The zero-order valence-corrected chi connectivity index (χ0v) is 24.7. The second-order valence-corrected chi connectivity index (χ2v) is 11.4. The van der Waals surface area contributed by atoms with Gasteiger partial charge in [0.2, 0.25) is 5.91 Å². The third-order valence-corrected chi connectivity index (χ3v) is 7.97. The molecule has 5 rings (SSSR count). The van der Waals surface area contributed by atoms with E-state index in [-0.39, 0.29) is 42.9 Å². The minimum absolute atomic E-state index is 0.0102. The number of hydrogen-bond acceptors (Lipinski definition) is 6. The van der Waals surface area contributed by atoms with E-state index in [2.05, 4.69) is 22.1 Å². The van der Waals surface area contributed by atoms with Gasteiger partial charge in [-0.15, -0.1) is 0 Å². The number of pyridine rings is 1. The molecule has 0 aliphatic carbocycles. The largest absolute Gasteiger partial charge is 0.488 e. The number of para-hydroxylation sites is 1. The zero-order valence-electron chi connectivity index (χ0n) is 24.7. The molecular weight excluding hydrogens is 530 g/mol. The van der Waals surface area contributed by atoms with Crippen LogP contribution >= 0.6 is 0 Å². The molecule has 2 amide bonds. The van der Waals surface area contributed by atoms with Crippen molar-refractivity contribution < 1.29 is 19.4 Å². The quantitative estimate of drug-likeness (QED) is 0.315. The molecule has 42 heavy (non-hydrogen) atoms. The van der Waals surface area contributed by atoms with Gasteiger partial charge < -0.3 is 24.6 Å². The van der Waals surface area contributed by atoms with Crippen LogP contribution in [0.25, 0.3) is 10.9 Å². The van der Waals surface area contributed by atoms with E-state index in [0.29, 0.717) is 30.1 Å². The van der Waals surface area contributed by atoms with Gasteiger partial charge in [0.25, 0.3) is 5.91 Å². The fourth-order valence-electron chi connectivity index (χ4n) is 5.63. The Labute approximate surface area is 246 Å². The molecule has 0 fully saturated rings. The fourth-order valence-corrected chi connectivity index (χ4v) is 5.63. The maximum absolute atomic E-state index is 13.8. The summed E-state index contributed by atoms with van der Waals surface area (Å²) in [5.41, 5.74) is 4.05. The molecule has 9 heteroatoms. The molecule has 4 aromatic rings. The van der Waals surface area contributed by atoms with Crippen LogP contribution in [0.5, 0.6) is 5.75 Å². The first-order valence-electron chi connectivity index (χ1n) is 14.4. The summed E-state index contributed by atoms with van der Waals surface area (Å²) in [5.74, 6) is 0.0783. The Hall–Kier alpha value is -4.21. The minimum Gasteiger partial charge on any atom is -0.488 e. The van der Waals surface area contributed by atoms with Crippen molar-refractivity contribution in [2.75, 3.05) is 32.1 Å². The van der Waals surface area contributed by atoms with E-state index in [1.165, 1.54) is 0 Å². The lowest BCUT2D eigenvalue weighted by atomic mass is 9.99. The molecular formula is C33H39N5O4. The van der Waals surface area contributed by atoms with E-state index in [9.17, 15) is 14.7 Å². The molecule has 0 saturated heterocycles. The summed E-state index contributed by atoms with van der Waals surface area (Å²) in [7, 11) is 4.01. The number of hydrogen-bond donors (Lipinski definition) is 2. The van der Waals surface area contributed by atoms with Crippen LogP contribution in [0.3, 0.4) is 0 Å². The second kappa shape index (κ2) is 12.8. The number of aliphatic hydroxyl groups is 1. The van der Waals surface area contributed by atoms with E-state index >= 15 is 0 Å². The number of carbonyl (C=O) groups is 2. The fraction of sp³-hybridized carbons (Fsp3) is 0.364. The average molecular weight is 570 g/mol. The predicted molar refractivity (Wildman–Crippen MR) is 163 cm³/mol. The highest BCUT2D eigenvalue weighted by molar-refractivity contribution is 6.00. The topological polar surface area (TPSA) is 99.9 Å². The minimum atomic E-state index is -0.370. The highest BCUT2D eigenvalue weighted by atomic mass is 16.5. The Morgan fingerprint density at radius 1 is 1.19 bits per heavy atom. The van der Waals surface area contributed by atoms with Gasteiger partial charge in [-0.3, -0.25) is 19.5 Å². The Balaban J connectivity index is 1.37. The molecule has 0 saturated carbocycles. The van der Waals surface area contributed by atoms with E-state index < -0.39 is 0 Å².